The van der Waals surface area contributed by atoms with Gasteiger partial charge in [-0.3, -0.25) is 5.43 Å². The number of nitrogens with zero attached hydrogens (tertiary/aromatic N) is 1. The molecule has 0 aliphatic carbocycles. The zero-order valence-electron chi connectivity index (χ0n) is 13.0. The van der Waals surface area contributed by atoms with Crippen molar-refractivity contribution in [1.82, 2.24) is 10.7 Å². The van der Waals surface area contributed by atoms with E-state index in [0.29, 0.717) is 23.4 Å². The summed E-state index contributed by atoms with van der Waals surface area (Å²) >= 11 is 5.02. The standard InChI is InChI=1S/C15H23N3O2S/c1-5-16-15(21)18-17-9-12-6-7-13(14(8-12)19-4)20-10-11(2)3/h6-9,11H,5,10H2,1-4H3,(H2,16,18,21)/b17-9+. The van der Waals surface area contributed by atoms with Gasteiger partial charge in [0.1, 0.15) is 0 Å². The molecule has 0 aliphatic rings. The fourth-order valence-corrected chi connectivity index (χ4v) is 1.70. The van der Waals surface area contributed by atoms with Gasteiger partial charge in [0.05, 0.1) is 19.9 Å². The molecule has 0 unspecified atom stereocenters. The van der Waals surface area contributed by atoms with Crippen LogP contribution in [0.3, 0.4) is 0 Å². The third-order valence-electron chi connectivity index (χ3n) is 2.48. The number of hydrogen-bond acceptors (Lipinski definition) is 4. The van der Waals surface area contributed by atoms with Gasteiger partial charge in [0, 0.05) is 6.54 Å². The molecule has 1 rings (SSSR count). The highest BCUT2D eigenvalue weighted by Gasteiger charge is 2.06. The van der Waals surface area contributed by atoms with E-state index in [-0.39, 0.29) is 0 Å². The maximum atomic E-state index is 5.70. The SMILES string of the molecule is CCNC(=S)N/N=C/c1ccc(OCC(C)C)c(OC)c1. The normalized spacial score (nSPS) is 10.7. The monoisotopic (exact) mass is 309 g/mol. The van der Waals surface area contributed by atoms with Crippen LogP contribution in [0.4, 0.5) is 0 Å². The Hall–Kier alpha value is -1.82. The van der Waals surface area contributed by atoms with E-state index in [0.717, 1.165) is 17.9 Å². The Bertz CT molecular complexity index is 490. The van der Waals surface area contributed by atoms with E-state index >= 15 is 0 Å². The van der Waals surface area contributed by atoms with Crippen molar-refractivity contribution in [2.75, 3.05) is 20.3 Å². The van der Waals surface area contributed by atoms with Gasteiger partial charge >= 0.3 is 0 Å². The predicted octanol–water partition coefficient (Wildman–Crippen LogP) is 2.55. The Morgan fingerprint density at radius 1 is 1.38 bits per heavy atom. The van der Waals surface area contributed by atoms with Gasteiger partial charge in [0.15, 0.2) is 16.6 Å². The Balaban J connectivity index is 2.68. The largest absolute Gasteiger partial charge is 0.493 e. The van der Waals surface area contributed by atoms with Gasteiger partial charge in [0.2, 0.25) is 0 Å². The quantitative estimate of drug-likeness (QED) is 0.460. The number of benzene rings is 1. The van der Waals surface area contributed by atoms with Gasteiger partial charge in [-0.05, 0) is 48.8 Å². The average Bonchev–Trinajstić information content (AvgIpc) is 2.45. The molecular formula is C15H23N3O2S. The highest BCUT2D eigenvalue weighted by atomic mass is 32.1. The molecule has 0 bridgehead atoms. The number of hydrogen-bond donors (Lipinski definition) is 2. The lowest BCUT2D eigenvalue weighted by molar-refractivity contribution is 0.257. The smallest absolute Gasteiger partial charge is 0.186 e. The van der Waals surface area contributed by atoms with Crippen LogP contribution in [-0.2, 0) is 0 Å². The van der Waals surface area contributed by atoms with Gasteiger partial charge in [-0.25, -0.2) is 0 Å². The fraction of sp³-hybridized carbons (Fsp3) is 0.467. The van der Waals surface area contributed by atoms with Crippen molar-refractivity contribution >= 4 is 23.5 Å². The highest BCUT2D eigenvalue weighted by Crippen LogP contribution is 2.27. The van der Waals surface area contributed by atoms with Crippen LogP contribution in [-0.4, -0.2) is 31.6 Å². The molecule has 0 heterocycles. The van der Waals surface area contributed by atoms with E-state index in [1.54, 1.807) is 13.3 Å². The Morgan fingerprint density at radius 2 is 2.14 bits per heavy atom. The first-order valence-corrected chi connectivity index (χ1v) is 7.35. The average molecular weight is 309 g/mol. The van der Waals surface area contributed by atoms with Crippen molar-refractivity contribution in [3.05, 3.63) is 23.8 Å². The van der Waals surface area contributed by atoms with Crippen LogP contribution in [0.5, 0.6) is 11.5 Å². The molecule has 0 aromatic heterocycles. The van der Waals surface area contributed by atoms with E-state index in [1.807, 2.05) is 25.1 Å². The van der Waals surface area contributed by atoms with Crippen LogP contribution in [0, 0.1) is 5.92 Å². The molecule has 2 N–H and O–H groups in total. The van der Waals surface area contributed by atoms with Crippen LogP contribution >= 0.6 is 12.2 Å². The first-order valence-electron chi connectivity index (χ1n) is 6.94. The van der Waals surface area contributed by atoms with Crippen molar-refractivity contribution in [2.24, 2.45) is 11.0 Å². The van der Waals surface area contributed by atoms with Crippen molar-refractivity contribution < 1.29 is 9.47 Å². The van der Waals surface area contributed by atoms with Crippen LogP contribution in [0.2, 0.25) is 0 Å². The molecule has 0 saturated carbocycles. The Labute approximate surface area is 131 Å². The molecule has 1 aromatic carbocycles. The van der Waals surface area contributed by atoms with Gasteiger partial charge < -0.3 is 14.8 Å². The minimum absolute atomic E-state index is 0.465. The molecule has 21 heavy (non-hydrogen) atoms. The highest BCUT2D eigenvalue weighted by molar-refractivity contribution is 7.80. The lowest BCUT2D eigenvalue weighted by Crippen LogP contribution is -2.31. The molecule has 0 amide bonds. The van der Waals surface area contributed by atoms with E-state index in [9.17, 15) is 0 Å². The maximum absolute atomic E-state index is 5.70. The molecular weight excluding hydrogens is 286 g/mol. The van der Waals surface area contributed by atoms with Gasteiger partial charge in [-0.1, -0.05) is 13.8 Å². The van der Waals surface area contributed by atoms with Crippen LogP contribution in [0.15, 0.2) is 23.3 Å². The molecule has 0 atom stereocenters. The van der Waals surface area contributed by atoms with Gasteiger partial charge in [-0.2, -0.15) is 5.10 Å². The van der Waals surface area contributed by atoms with Crippen molar-refractivity contribution in [3.8, 4) is 11.5 Å². The minimum Gasteiger partial charge on any atom is -0.493 e. The molecule has 0 spiro atoms. The summed E-state index contributed by atoms with van der Waals surface area (Å²) in [5.74, 6) is 1.89. The lowest BCUT2D eigenvalue weighted by atomic mass is 10.2. The van der Waals surface area contributed by atoms with Gasteiger partial charge in [-0.15, -0.1) is 0 Å². The minimum atomic E-state index is 0.465. The topological polar surface area (TPSA) is 54.9 Å². The number of hydrazone groups is 1. The van der Waals surface area contributed by atoms with E-state index in [4.69, 9.17) is 21.7 Å². The second-order valence-corrected chi connectivity index (χ2v) is 5.25. The van der Waals surface area contributed by atoms with Crippen molar-refractivity contribution in [3.63, 3.8) is 0 Å². The van der Waals surface area contributed by atoms with Crippen molar-refractivity contribution in [2.45, 2.75) is 20.8 Å². The maximum Gasteiger partial charge on any atom is 0.186 e. The summed E-state index contributed by atoms with van der Waals surface area (Å²) in [4.78, 5) is 0. The molecule has 5 nitrogen and oxygen atoms in total. The second-order valence-electron chi connectivity index (χ2n) is 4.84. The van der Waals surface area contributed by atoms with E-state index < -0.39 is 0 Å². The van der Waals surface area contributed by atoms with Crippen LogP contribution in [0.1, 0.15) is 26.3 Å². The van der Waals surface area contributed by atoms with Crippen LogP contribution in [0.25, 0.3) is 0 Å². The third-order valence-corrected chi connectivity index (χ3v) is 2.71. The summed E-state index contributed by atoms with van der Waals surface area (Å²) in [6.45, 7) is 7.59. The number of methoxy groups -OCH3 is 1. The fourth-order valence-electron chi connectivity index (χ4n) is 1.51. The zero-order chi connectivity index (χ0) is 15.7. The second kappa shape index (κ2) is 9.18. The first kappa shape index (κ1) is 17.2. The van der Waals surface area contributed by atoms with E-state index in [2.05, 4.69) is 29.7 Å². The molecule has 0 fully saturated rings. The predicted molar refractivity (Wildman–Crippen MR) is 90.3 cm³/mol. The summed E-state index contributed by atoms with van der Waals surface area (Å²) in [6.07, 6.45) is 1.68. The first-order chi connectivity index (χ1) is 10.1. The molecule has 116 valence electrons. The number of rotatable bonds is 7. The summed E-state index contributed by atoms with van der Waals surface area (Å²) in [7, 11) is 1.62. The van der Waals surface area contributed by atoms with Crippen LogP contribution < -0.4 is 20.2 Å². The summed E-state index contributed by atoms with van der Waals surface area (Å²) in [5, 5.41) is 7.51. The summed E-state index contributed by atoms with van der Waals surface area (Å²) in [6, 6.07) is 5.67. The molecule has 0 radical (unpaired) electrons. The molecule has 0 aliphatic heterocycles. The summed E-state index contributed by atoms with van der Waals surface area (Å²) < 4.78 is 11.0. The van der Waals surface area contributed by atoms with E-state index in [1.165, 1.54) is 0 Å². The Kier molecular flexibility index (Phi) is 7.53. The molecule has 6 heteroatoms. The number of nitrogens with one attached hydrogen (secondary N) is 2. The molecule has 1 aromatic rings. The number of thiocarbonyl (C=S) groups is 1. The molecule has 0 saturated heterocycles. The lowest BCUT2D eigenvalue weighted by Gasteiger charge is -2.12. The third kappa shape index (κ3) is 6.44. The zero-order valence-corrected chi connectivity index (χ0v) is 13.8. The number of ether oxygens (including phenoxy) is 2. The Morgan fingerprint density at radius 3 is 2.76 bits per heavy atom. The van der Waals surface area contributed by atoms with Gasteiger partial charge in [0.25, 0.3) is 0 Å². The summed E-state index contributed by atoms with van der Waals surface area (Å²) in [5.41, 5.74) is 3.64. The van der Waals surface area contributed by atoms with Crippen molar-refractivity contribution in [1.29, 1.82) is 0 Å².